The van der Waals surface area contributed by atoms with E-state index in [1.54, 1.807) is 0 Å². The van der Waals surface area contributed by atoms with Gasteiger partial charge in [-0.05, 0) is 12.2 Å². The number of hydrogen-bond acceptors (Lipinski definition) is 2. The van der Waals surface area contributed by atoms with E-state index in [0.717, 1.165) is 24.5 Å². The summed E-state index contributed by atoms with van der Waals surface area (Å²) in [5.74, 6) is 2.35. The molecule has 0 radical (unpaired) electrons. The molecule has 0 spiro atoms. The molecule has 0 aromatic rings. The molecule has 1 N–H and O–H groups in total. The highest BCUT2D eigenvalue weighted by molar-refractivity contribution is 7.99. The lowest BCUT2D eigenvalue weighted by molar-refractivity contribution is -0.120. The molecule has 3 heteroatoms. The van der Waals surface area contributed by atoms with Crippen molar-refractivity contribution in [3.05, 3.63) is 0 Å². The van der Waals surface area contributed by atoms with Crippen LogP contribution in [0.4, 0.5) is 0 Å². The third kappa shape index (κ3) is 7.72. The predicted molar refractivity (Wildman–Crippen MR) is 50.9 cm³/mol. The summed E-state index contributed by atoms with van der Waals surface area (Å²) >= 11 is 1.85. The summed E-state index contributed by atoms with van der Waals surface area (Å²) in [5, 5.41) is 2.86. The SMILES string of the molecule is CCCC(=O)NCCSCC. The zero-order valence-electron chi connectivity index (χ0n) is 7.35. The first kappa shape index (κ1) is 10.8. The summed E-state index contributed by atoms with van der Waals surface area (Å²) in [6.07, 6.45) is 1.60. The third-order valence-corrected chi connectivity index (χ3v) is 2.15. The van der Waals surface area contributed by atoms with E-state index in [0.29, 0.717) is 6.42 Å². The maximum atomic E-state index is 10.9. The highest BCUT2D eigenvalue weighted by Crippen LogP contribution is 1.95. The minimum Gasteiger partial charge on any atom is -0.355 e. The molecule has 66 valence electrons. The van der Waals surface area contributed by atoms with Crippen LogP contribution >= 0.6 is 11.8 Å². The predicted octanol–water partition coefficient (Wildman–Crippen LogP) is 1.66. The molecule has 0 rings (SSSR count). The van der Waals surface area contributed by atoms with Crippen molar-refractivity contribution < 1.29 is 4.79 Å². The van der Waals surface area contributed by atoms with Crippen LogP contribution in [0.25, 0.3) is 0 Å². The molecule has 0 atom stereocenters. The Hall–Kier alpha value is -0.180. The third-order valence-electron chi connectivity index (χ3n) is 1.25. The van der Waals surface area contributed by atoms with E-state index < -0.39 is 0 Å². The molecule has 0 bridgehead atoms. The van der Waals surface area contributed by atoms with Gasteiger partial charge in [-0.2, -0.15) is 11.8 Å². The Kier molecular flexibility index (Phi) is 7.79. The maximum absolute atomic E-state index is 10.9. The minimum atomic E-state index is 0.184. The molecule has 0 saturated heterocycles. The normalized spacial score (nSPS) is 9.64. The lowest BCUT2D eigenvalue weighted by Gasteiger charge is -2.01. The van der Waals surface area contributed by atoms with Gasteiger partial charge in [0.25, 0.3) is 0 Å². The Morgan fingerprint density at radius 2 is 2.18 bits per heavy atom. The summed E-state index contributed by atoms with van der Waals surface area (Å²) in [7, 11) is 0. The molecule has 0 aromatic heterocycles. The Bertz CT molecular complexity index is 106. The number of hydrogen-bond donors (Lipinski definition) is 1. The zero-order valence-corrected chi connectivity index (χ0v) is 8.17. The van der Waals surface area contributed by atoms with Crippen molar-refractivity contribution >= 4 is 17.7 Å². The molecule has 0 fully saturated rings. The highest BCUT2D eigenvalue weighted by atomic mass is 32.2. The largest absolute Gasteiger partial charge is 0.355 e. The van der Waals surface area contributed by atoms with Gasteiger partial charge in [0, 0.05) is 18.7 Å². The molecule has 11 heavy (non-hydrogen) atoms. The fraction of sp³-hybridized carbons (Fsp3) is 0.875. The fourth-order valence-electron chi connectivity index (χ4n) is 0.722. The quantitative estimate of drug-likeness (QED) is 0.622. The summed E-state index contributed by atoms with van der Waals surface area (Å²) in [5.41, 5.74) is 0. The number of carbonyl (C=O) groups is 1. The number of rotatable bonds is 6. The van der Waals surface area contributed by atoms with Gasteiger partial charge in [-0.1, -0.05) is 13.8 Å². The van der Waals surface area contributed by atoms with Gasteiger partial charge in [0.2, 0.25) is 5.91 Å². The summed E-state index contributed by atoms with van der Waals surface area (Å²) in [6.45, 7) is 4.95. The number of amides is 1. The maximum Gasteiger partial charge on any atom is 0.220 e. The Morgan fingerprint density at radius 3 is 2.73 bits per heavy atom. The van der Waals surface area contributed by atoms with Gasteiger partial charge in [0.05, 0.1) is 0 Å². The summed E-state index contributed by atoms with van der Waals surface area (Å²) < 4.78 is 0. The molecule has 0 heterocycles. The van der Waals surface area contributed by atoms with E-state index in [1.807, 2.05) is 18.7 Å². The molecule has 0 unspecified atom stereocenters. The van der Waals surface area contributed by atoms with Crippen molar-refractivity contribution in [2.24, 2.45) is 0 Å². The van der Waals surface area contributed by atoms with Crippen LogP contribution in [0, 0.1) is 0 Å². The van der Waals surface area contributed by atoms with Gasteiger partial charge in [-0.15, -0.1) is 0 Å². The Balaban J connectivity index is 3.04. The standard InChI is InChI=1S/C8H17NOS/c1-3-5-8(10)9-6-7-11-4-2/h3-7H2,1-2H3,(H,9,10). The zero-order chi connectivity index (χ0) is 8.53. The topological polar surface area (TPSA) is 29.1 Å². The van der Waals surface area contributed by atoms with Crippen molar-refractivity contribution in [1.82, 2.24) is 5.32 Å². The van der Waals surface area contributed by atoms with Crippen molar-refractivity contribution in [2.45, 2.75) is 26.7 Å². The Labute approximate surface area is 73.1 Å². The molecule has 0 aromatic carbocycles. The number of nitrogens with one attached hydrogen (secondary N) is 1. The summed E-state index contributed by atoms with van der Waals surface area (Å²) in [6, 6.07) is 0. The molecule has 1 amide bonds. The molecule has 0 aliphatic heterocycles. The van der Waals surface area contributed by atoms with Gasteiger partial charge in [0.1, 0.15) is 0 Å². The second-order valence-electron chi connectivity index (χ2n) is 2.30. The van der Waals surface area contributed by atoms with Crippen LogP contribution in [-0.4, -0.2) is 24.0 Å². The van der Waals surface area contributed by atoms with E-state index >= 15 is 0 Å². The van der Waals surface area contributed by atoms with Gasteiger partial charge in [0.15, 0.2) is 0 Å². The van der Waals surface area contributed by atoms with Gasteiger partial charge < -0.3 is 5.32 Å². The second-order valence-corrected chi connectivity index (χ2v) is 3.69. The van der Waals surface area contributed by atoms with Crippen molar-refractivity contribution in [3.8, 4) is 0 Å². The van der Waals surface area contributed by atoms with Crippen LogP contribution in [0.5, 0.6) is 0 Å². The molecule has 0 aliphatic carbocycles. The van der Waals surface area contributed by atoms with Crippen LogP contribution in [0.1, 0.15) is 26.7 Å². The lowest BCUT2D eigenvalue weighted by atomic mass is 10.3. The van der Waals surface area contributed by atoms with E-state index in [-0.39, 0.29) is 5.91 Å². The summed E-state index contributed by atoms with van der Waals surface area (Å²) in [4.78, 5) is 10.9. The van der Waals surface area contributed by atoms with E-state index in [2.05, 4.69) is 12.2 Å². The first-order valence-corrected chi connectivity index (χ1v) is 5.31. The van der Waals surface area contributed by atoms with Crippen LogP contribution in [0.3, 0.4) is 0 Å². The van der Waals surface area contributed by atoms with Gasteiger partial charge in [-0.25, -0.2) is 0 Å². The number of carbonyl (C=O) groups excluding carboxylic acids is 1. The van der Waals surface area contributed by atoms with Crippen molar-refractivity contribution in [2.75, 3.05) is 18.1 Å². The van der Waals surface area contributed by atoms with Crippen LogP contribution < -0.4 is 5.32 Å². The van der Waals surface area contributed by atoms with Crippen LogP contribution in [-0.2, 0) is 4.79 Å². The molecule has 2 nitrogen and oxygen atoms in total. The van der Waals surface area contributed by atoms with Crippen molar-refractivity contribution in [3.63, 3.8) is 0 Å². The second kappa shape index (κ2) is 7.92. The lowest BCUT2D eigenvalue weighted by Crippen LogP contribution is -2.25. The Morgan fingerprint density at radius 1 is 1.45 bits per heavy atom. The van der Waals surface area contributed by atoms with Gasteiger partial charge in [-0.3, -0.25) is 4.79 Å². The fourth-order valence-corrected chi connectivity index (χ4v) is 1.26. The van der Waals surface area contributed by atoms with E-state index in [9.17, 15) is 4.79 Å². The minimum absolute atomic E-state index is 0.184. The average molecular weight is 175 g/mol. The highest BCUT2D eigenvalue weighted by Gasteiger charge is 1.96. The van der Waals surface area contributed by atoms with E-state index in [4.69, 9.17) is 0 Å². The van der Waals surface area contributed by atoms with Crippen LogP contribution in [0.2, 0.25) is 0 Å². The first-order chi connectivity index (χ1) is 5.31. The van der Waals surface area contributed by atoms with E-state index in [1.165, 1.54) is 0 Å². The molecular formula is C8H17NOS. The van der Waals surface area contributed by atoms with Gasteiger partial charge >= 0.3 is 0 Å². The average Bonchev–Trinajstić information content (AvgIpc) is 1.99. The first-order valence-electron chi connectivity index (χ1n) is 4.15. The van der Waals surface area contributed by atoms with Crippen molar-refractivity contribution in [1.29, 1.82) is 0 Å². The van der Waals surface area contributed by atoms with Crippen LogP contribution in [0.15, 0.2) is 0 Å². The molecular weight excluding hydrogens is 158 g/mol. The molecule has 0 saturated carbocycles. The molecule has 0 aliphatic rings. The number of thioether (sulfide) groups is 1. The monoisotopic (exact) mass is 175 g/mol. The smallest absolute Gasteiger partial charge is 0.220 e.